The summed E-state index contributed by atoms with van der Waals surface area (Å²) in [7, 11) is 0. The molecule has 0 aliphatic heterocycles. The van der Waals surface area contributed by atoms with Crippen molar-refractivity contribution < 1.29 is 9.53 Å². The van der Waals surface area contributed by atoms with Gasteiger partial charge in [-0.05, 0) is 61.6 Å². The van der Waals surface area contributed by atoms with Crippen LogP contribution in [-0.4, -0.2) is 21.8 Å². The van der Waals surface area contributed by atoms with Gasteiger partial charge in [0.05, 0.1) is 12.6 Å². The maximum atomic E-state index is 12.6. The molecule has 0 radical (unpaired) electrons. The van der Waals surface area contributed by atoms with E-state index in [-0.39, 0.29) is 17.2 Å². The van der Waals surface area contributed by atoms with Crippen molar-refractivity contribution in [3.05, 3.63) is 88.3 Å². The Balaban J connectivity index is 1.42. The van der Waals surface area contributed by atoms with Gasteiger partial charge in [0.15, 0.2) is 0 Å². The largest absolute Gasteiger partial charge is 0.490 e. The third-order valence-corrected chi connectivity index (χ3v) is 4.99. The first-order chi connectivity index (χ1) is 14.2. The summed E-state index contributed by atoms with van der Waals surface area (Å²) in [5.74, 6) is 0.445. The third-order valence-electron chi connectivity index (χ3n) is 4.99. The number of anilines is 1. The number of rotatable bonds is 6. The van der Waals surface area contributed by atoms with Crippen molar-refractivity contribution in [1.29, 1.82) is 0 Å². The summed E-state index contributed by atoms with van der Waals surface area (Å²) in [5, 5.41) is 7.03. The van der Waals surface area contributed by atoms with Gasteiger partial charge in [0.2, 0.25) is 0 Å². The van der Waals surface area contributed by atoms with Gasteiger partial charge in [-0.25, -0.2) is 4.68 Å². The van der Waals surface area contributed by atoms with Crippen molar-refractivity contribution >= 4 is 11.6 Å². The van der Waals surface area contributed by atoms with Crippen LogP contribution in [0.3, 0.4) is 0 Å². The summed E-state index contributed by atoms with van der Waals surface area (Å²) >= 11 is 0. The van der Waals surface area contributed by atoms with Gasteiger partial charge in [-0.1, -0.05) is 30.3 Å². The van der Waals surface area contributed by atoms with Crippen molar-refractivity contribution in [2.45, 2.75) is 38.3 Å². The van der Waals surface area contributed by atoms with E-state index >= 15 is 0 Å². The Morgan fingerprint density at radius 2 is 1.72 bits per heavy atom. The summed E-state index contributed by atoms with van der Waals surface area (Å²) in [5.41, 5.74) is 1.53. The van der Waals surface area contributed by atoms with Gasteiger partial charge in [0.25, 0.3) is 11.5 Å². The van der Waals surface area contributed by atoms with Crippen LogP contribution in [0.5, 0.6) is 5.75 Å². The Hall–Kier alpha value is -3.41. The van der Waals surface area contributed by atoms with Crippen LogP contribution in [0.4, 0.5) is 5.69 Å². The number of ether oxygens (including phenoxy) is 1. The summed E-state index contributed by atoms with van der Waals surface area (Å²) in [6, 6.07) is 19.7. The Morgan fingerprint density at radius 3 is 2.45 bits per heavy atom. The molecule has 2 aromatic carbocycles. The zero-order valence-electron chi connectivity index (χ0n) is 16.1. The number of nitrogens with one attached hydrogen (secondary N) is 1. The number of carbonyl (C=O) groups excluding carboxylic acids is 1. The van der Waals surface area contributed by atoms with Crippen molar-refractivity contribution in [3.8, 4) is 5.75 Å². The van der Waals surface area contributed by atoms with Gasteiger partial charge in [-0.3, -0.25) is 9.59 Å². The van der Waals surface area contributed by atoms with Gasteiger partial charge in [0.1, 0.15) is 11.4 Å². The summed E-state index contributed by atoms with van der Waals surface area (Å²) in [4.78, 5) is 24.7. The third kappa shape index (κ3) is 4.90. The fourth-order valence-electron chi connectivity index (χ4n) is 3.45. The Bertz CT molecular complexity index is 1020. The smallest absolute Gasteiger partial charge is 0.276 e. The standard InChI is InChI=1S/C23H23N3O3/c27-22-15-14-21(25-26(22)16-17-6-2-1-3-7-17)23(28)24-18-10-12-20(13-11-18)29-19-8-4-5-9-19/h1-3,6-7,10-15,19H,4-5,8-9,16H2,(H,24,28). The fraction of sp³-hybridized carbons (Fsp3) is 0.261. The predicted octanol–water partition coefficient (Wildman–Crippen LogP) is 3.87. The van der Waals surface area contributed by atoms with Crippen molar-refractivity contribution in [2.24, 2.45) is 0 Å². The number of carbonyl (C=O) groups is 1. The minimum Gasteiger partial charge on any atom is -0.490 e. The second kappa shape index (κ2) is 8.73. The molecule has 1 fully saturated rings. The van der Waals surface area contributed by atoms with E-state index in [0.717, 1.165) is 24.2 Å². The molecule has 1 aliphatic carbocycles. The first-order valence-electron chi connectivity index (χ1n) is 9.87. The highest BCUT2D eigenvalue weighted by Crippen LogP contribution is 2.25. The molecule has 1 heterocycles. The number of benzene rings is 2. The van der Waals surface area contributed by atoms with Gasteiger partial charge in [0, 0.05) is 11.8 Å². The molecule has 148 valence electrons. The van der Waals surface area contributed by atoms with Crippen LogP contribution in [0.2, 0.25) is 0 Å². The molecule has 1 amide bonds. The van der Waals surface area contributed by atoms with E-state index in [0.29, 0.717) is 18.3 Å². The van der Waals surface area contributed by atoms with E-state index in [9.17, 15) is 9.59 Å². The van der Waals surface area contributed by atoms with Gasteiger partial charge >= 0.3 is 0 Å². The molecule has 6 nitrogen and oxygen atoms in total. The van der Waals surface area contributed by atoms with Crippen molar-refractivity contribution in [1.82, 2.24) is 9.78 Å². The lowest BCUT2D eigenvalue weighted by Crippen LogP contribution is -2.26. The van der Waals surface area contributed by atoms with Crippen LogP contribution in [0, 0.1) is 0 Å². The quantitative estimate of drug-likeness (QED) is 0.695. The van der Waals surface area contributed by atoms with E-state index in [2.05, 4.69) is 10.4 Å². The molecule has 1 aromatic heterocycles. The van der Waals surface area contributed by atoms with E-state index in [4.69, 9.17) is 4.74 Å². The molecule has 29 heavy (non-hydrogen) atoms. The zero-order chi connectivity index (χ0) is 20.1. The molecule has 0 atom stereocenters. The highest BCUT2D eigenvalue weighted by Gasteiger charge is 2.16. The second-order valence-electron chi connectivity index (χ2n) is 7.20. The SMILES string of the molecule is O=C(Nc1ccc(OC2CCCC2)cc1)c1ccc(=O)n(Cc2ccccc2)n1. The summed E-state index contributed by atoms with van der Waals surface area (Å²) in [6.07, 6.45) is 4.94. The van der Waals surface area contributed by atoms with Crippen molar-refractivity contribution in [3.63, 3.8) is 0 Å². The molecule has 4 rings (SSSR count). The highest BCUT2D eigenvalue weighted by molar-refractivity contribution is 6.02. The minimum absolute atomic E-state index is 0.187. The van der Waals surface area contributed by atoms with Gasteiger partial charge in [-0.2, -0.15) is 5.10 Å². The molecule has 0 bridgehead atoms. The average Bonchev–Trinajstić information content (AvgIpc) is 3.25. The topological polar surface area (TPSA) is 73.2 Å². The Morgan fingerprint density at radius 1 is 1.00 bits per heavy atom. The second-order valence-corrected chi connectivity index (χ2v) is 7.20. The van der Waals surface area contributed by atoms with Crippen LogP contribution in [-0.2, 0) is 6.54 Å². The molecular weight excluding hydrogens is 366 g/mol. The van der Waals surface area contributed by atoms with Crippen LogP contribution in [0.1, 0.15) is 41.7 Å². The maximum absolute atomic E-state index is 12.6. The number of amides is 1. The summed E-state index contributed by atoms with van der Waals surface area (Å²) < 4.78 is 7.24. The molecule has 3 aromatic rings. The van der Waals surface area contributed by atoms with Crippen LogP contribution >= 0.6 is 0 Å². The maximum Gasteiger partial charge on any atom is 0.276 e. The molecule has 1 N–H and O–H groups in total. The highest BCUT2D eigenvalue weighted by atomic mass is 16.5. The summed E-state index contributed by atoms with van der Waals surface area (Å²) in [6.45, 7) is 0.313. The predicted molar refractivity (Wildman–Crippen MR) is 111 cm³/mol. The van der Waals surface area contributed by atoms with E-state index in [1.54, 1.807) is 0 Å². The van der Waals surface area contributed by atoms with Crippen molar-refractivity contribution in [2.75, 3.05) is 5.32 Å². The fourth-order valence-corrected chi connectivity index (χ4v) is 3.45. The lowest BCUT2D eigenvalue weighted by molar-refractivity contribution is 0.102. The Labute approximate surface area is 169 Å². The van der Waals surface area contributed by atoms with Crippen LogP contribution in [0.25, 0.3) is 0 Å². The van der Waals surface area contributed by atoms with E-state index in [1.807, 2.05) is 54.6 Å². The first kappa shape index (κ1) is 18.9. The molecule has 0 spiro atoms. The molecule has 6 heteroatoms. The number of nitrogens with zero attached hydrogens (tertiary/aromatic N) is 2. The average molecular weight is 389 g/mol. The molecule has 1 aliphatic rings. The monoisotopic (exact) mass is 389 g/mol. The first-order valence-corrected chi connectivity index (χ1v) is 9.87. The van der Waals surface area contributed by atoms with Crippen LogP contribution in [0.15, 0.2) is 71.5 Å². The number of hydrogen-bond donors (Lipinski definition) is 1. The minimum atomic E-state index is -0.365. The molecule has 0 unspecified atom stereocenters. The van der Waals surface area contributed by atoms with E-state index < -0.39 is 0 Å². The molecule has 1 saturated carbocycles. The lowest BCUT2D eigenvalue weighted by Gasteiger charge is -2.13. The number of aromatic nitrogens is 2. The zero-order valence-corrected chi connectivity index (χ0v) is 16.1. The lowest BCUT2D eigenvalue weighted by atomic mass is 10.2. The van der Waals surface area contributed by atoms with Crippen LogP contribution < -0.4 is 15.6 Å². The molecular formula is C23H23N3O3. The normalized spacial score (nSPS) is 13.9. The number of hydrogen-bond acceptors (Lipinski definition) is 4. The molecule has 0 saturated heterocycles. The van der Waals surface area contributed by atoms with E-state index in [1.165, 1.54) is 29.7 Å². The van der Waals surface area contributed by atoms with Gasteiger partial charge < -0.3 is 10.1 Å². The van der Waals surface area contributed by atoms with Gasteiger partial charge in [-0.15, -0.1) is 0 Å². The Kier molecular flexibility index (Phi) is 5.70.